The van der Waals surface area contributed by atoms with Crippen LogP contribution < -0.4 is 4.90 Å². The summed E-state index contributed by atoms with van der Waals surface area (Å²) < 4.78 is 0. The summed E-state index contributed by atoms with van der Waals surface area (Å²) in [6.45, 7) is 0. The van der Waals surface area contributed by atoms with Gasteiger partial charge in [0.05, 0.1) is 28.4 Å². The standard InChI is InChI=1S/C14H15ClN2O/c15-13-5-9(8-16)1-4-14(13)17-10-2-3-11(17)7-12(18)6-10/h1,4-5,10-12,18H,2-3,6-7H2. The molecule has 2 fully saturated rings. The fraction of sp³-hybridized carbons (Fsp3) is 0.500. The zero-order valence-electron chi connectivity index (χ0n) is 10.0. The number of piperidine rings is 1. The lowest BCUT2D eigenvalue weighted by Crippen LogP contribution is -2.44. The van der Waals surface area contributed by atoms with Crippen molar-refractivity contribution in [1.29, 1.82) is 5.26 Å². The largest absolute Gasteiger partial charge is 0.393 e. The minimum atomic E-state index is -0.170. The van der Waals surface area contributed by atoms with Crippen LogP contribution >= 0.6 is 11.6 Å². The number of rotatable bonds is 1. The molecule has 2 aliphatic heterocycles. The minimum Gasteiger partial charge on any atom is -0.393 e. The van der Waals surface area contributed by atoms with Gasteiger partial charge in [-0.2, -0.15) is 5.26 Å². The Balaban J connectivity index is 1.94. The third kappa shape index (κ3) is 1.86. The summed E-state index contributed by atoms with van der Waals surface area (Å²) >= 11 is 6.28. The van der Waals surface area contributed by atoms with E-state index in [1.165, 1.54) is 0 Å². The number of benzene rings is 1. The van der Waals surface area contributed by atoms with Crippen LogP contribution in [0.3, 0.4) is 0 Å². The van der Waals surface area contributed by atoms with Crippen LogP contribution in [0.2, 0.25) is 5.02 Å². The third-order valence-electron chi connectivity index (χ3n) is 4.06. The van der Waals surface area contributed by atoms with Crippen LogP contribution in [0.1, 0.15) is 31.2 Å². The summed E-state index contributed by atoms with van der Waals surface area (Å²) in [4.78, 5) is 2.34. The highest BCUT2D eigenvalue weighted by atomic mass is 35.5. The minimum absolute atomic E-state index is 0.170. The molecule has 94 valence electrons. The average molecular weight is 263 g/mol. The van der Waals surface area contributed by atoms with E-state index in [-0.39, 0.29) is 6.10 Å². The summed E-state index contributed by atoms with van der Waals surface area (Å²) in [5.41, 5.74) is 1.60. The van der Waals surface area contributed by atoms with E-state index in [9.17, 15) is 5.11 Å². The second kappa shape index (κ2) is 4.46. The molecular formula is C14H15ClN2O. The Morgan fingerprint density at radius 1 is 1.28 bits per heavy atom. The smallest absolute Gasteiger partial charge is 0.0992 e. The second-order valence-corrected chi connectivity index (χ2v) is 5.60. The van der Waals surface area contributed by atoms with Crippen LogP contribution in [0.15, 0.2) is 18.2 Å². The number of fused-ring (bicyclic) bond motifs is 2. The van der Waals surface area contributed by atoms with Gasteiger partial charge >= 0.3 is 0 Å². The van der Waals surface area contributed by atoms with Gasteiger partial charge in [-0.15, -0.1) is 0 Å². The molecule has 1 aromatic carbocycles. The summed E-state index contributed by atoms with van der Waals surface area (Å²) in [7, 11) is 0. The number of hydrogen-bond acceptors (Lipinski definition) is 3. The Morgan fingerprint density at radius 3 is 2.50 bits per heavy atom. The summed E-state index contributed by atoms with van der Waals surface area (Å²) in [5.74, 6) is 0. The Bertz CT molecular complexity index is 497. The van der Waals surface area contributed by atoms with Gasteiger partial charge in [-0.25, -0.2) is 0 Å². The predicted molar refractivity (Wildman–Crippen MR) is 70.7 cm³/mol. The van der Waals surface area contributed by atoms with Gasteiger partial charge in [0.2, 0.25) is 0 Å². The second-order valence-electron chi connectivity index (χ2n) is 5.20. The molecule has 3 nitrogen and oxygen atoms in total. The topological polar surface area (TPSA) is 47.3 Å². The summed E-state index contributed by atoms with van der Waals surface area (Å²) in [6, 6.07) is 8.35. The maximum Gasteiger partial charge on any atom is 0.0992 e. The zero-order chi connectivity index (χ0) is 12.7. The molecule has 0 saturated carbocycles. The van der Waals surface area contributed by atoms with Gasteiger partial charge in [-0.3, -0.25) is 0 Å². The normalized spacial score (nSPS) is 30.3. The summed E-state index contributed by atoms with van der Waals surface area (Å²) in [6.07, 6.45) is 3.73. The van der Waals surface area contributed by atoms with Crippen molar-refractivity contribution in [1.82, 2.24) is 0 Å². The van der Waals surface area contributed by atoms with Crippen molar-refractivity contribution in [2.45, 2.75) is 43.9 Å². The van der Waals surface area contributed by atoms with Crippen molar-refractivity contribution in [3.8, 4) is 6.07 Å². The maximum absolute atomic E-state index is 9.80. The molecule has 2 atom stereocenters. The highest BCUT2D eigenvalue weighted by Gasteiger charge is 2.40. The Labute approximate surface area is 112 Å². The van der Waals surface area contributed by atoms with E-state index >= 15 is 0 Å². The van der Waals surface area contributed by atoms with Gasteiger partial charge in [0.15, 0.2) is 0 Å². The number of nitriles is 1. The van der Waals surface area contributed by atoms with Crippen molar-refractivity contribution in [3.63, 3.8) is 0 Å². The molecule has 2 unspecified atom stereocenters. The molecule has 4 heteroatoms. The van der Waals surface area contributed by atoms with Crippen molar-refractivity contribution in [3.05, 3.63) is 28.8 Å². The Morgan fingerprint density at radius 2 is 1.94 bits per heavy atom. The first-order valence-corrected chi connectivity index (χ1v) is 6.73. The van der Waals surface area contributed by atoms with Crippen LogP contribution in [0.4, 0.5) is 5.69 Å². The van der Waals surface area contributed by atoms with Gasteiger partial charge < -0.3 is 10.0 Å². The number of nitrogens with zero attached hydrogens (tertiary/aromatic N) is 2. The molecule has 1 N–H and O–H groups in total. The van der Waals surface area contributed by atoms with Gasteiger partial charge in [0.1, 0.15) is 0 Å². The monoisotopic (exact) mass is 262 g/mol. The predicted octanol–water partition coefficient (Wildman–Crippen LogP) is 2.70. The number of aliphatic hydroxyl groups excluding tert-OH is 1. The van der Waals surface area contributed by atoms with Gasteiger partial charge in [-0.1, -0.05) is 11.6 Å². The van der Waals surface area contributed by atoms with Crippen LogP contribution in [-0.2, 0) is 0 Å². The molecule has 18 heavy (non-hydrogen) atoms. The molecule has 0 amide bonds. The molecule has 2 saturated heterocycles. The van der Waals surface area contributed by atoms with Crippen LogP contribution in [0.5, 0.6) is 0 Å². The van der Waals surface area contributed by atoms with E-state index in [0.29, 0.717) is 22.7 Å². The van der Waals surface area contributed by atoms with E-state index < -0.39 is 0 Å². The van der Waals surface area contributed by atoms with Crippen LogP contribution in [0, 0.1) is 11.3 Å². The summed E-state index contributed by atoms with van der Waals surface area (Å²) in [5, 5.41) is 19.3. The van der Waals surface area contributed by atoms with E-state index in [1.807, 2.05) is 12.1 Å². The van der Waals surface area contributed by atoms with E-state index in [0.717, 1.165) is 31.4 Å². The molecular weight excluding hydrogens is 248 g/mol. The number of hydrogen-bond donors (Lipinski definition) is 1. The van der Waals surface area contributed by atoms with Gasteiger partial charge in [0, 0.05) is 12.1 Å². The van der Waals surface area contributed by atoms with Crippen molar-refractivity contribution < 1.29 is 5.11 Å². The molecule has 2 bridgehead atoms. The molecule has 0 radical (unpaired) electrons. The van der Waals surface area contributed by atoms with E-state index in [1.54, 1.807) is 6.07 Å². The fourth-order valence-electron chi connectivity index (χ4n) is 3.33. The fourth-order valence-corrected chi connectivity index (χ4v) is 3.61. The van der Waals surface area contributed by atoms with E-state index in [2.05, 4.69) is 11.0 Å². The molecule has 0 aromatic heterocycles. The lowest BCUT2D eigenvalue weighted by molar-refractivity contribution is 0.126. The lowest BCUT2D eigenvalue weighted by Gasteiger charge is -2.39. The maximum atomic E-state index is 9.80. The van der Waals surface area contributed by atoms with Crippen LogP contribution in [0.25, 0.3) is 0 Å². The zero-order valence-corrected chi connectivity index (χ0v) is 10.8. The third-order valence-corrected chi connectivity index (χ3v) is 4.37. The molecule has 1 aromatic rings. The molecule has 2 aliphatic rings. The van der Waals surface area contributed by atoms with Crippen molar-refractivity contribution in [2.24, 2.45) is 0 Å². The molecule has 3 rings (SSSR count). The lowest BCUT2D eigenvalue weighted by atomic mass is 9.99. The van der Waals surface area contributed by atoms with E-state index in [4.69, 9.17) is 16.9 Å². The van der Waals surface area contributed by atoms with Crippen molar-refractivity contribution >= 4 is 17.3 Å². The molecule has 0 aliphatic carbocycles. The molecule has 0 spiro atoms. The highest BCUT2D eigenvalue weighted by Crippen LogP contribution is 2.42. The van der Waals surface area contributed by atoms with Gasteiger partial charge in [-0.05, 0) is 43.9 Å². The highest BCUT2D eigenvalue weighted by molar-refractivity contribution is 6.33. The van der Waals surface area contributed by atoms with Crippen molar-refractivity contribution in [2.75, 3.05) is 4.90 Å². The first kappa shape index (κ1) is 11.8. The number of anilines is 1. The Hall–Kier alpha value is -1.24. The Kier molecular flexibility index (Phi) is 2.93. The van der Waals surface area contributed by atoms with Crippen LogP contribution in [-0.4, -0.2) is 23.3 Å². The first-order valence-electron chi connectivity index (χ1n) is 6.35. The van der Waals surface area contributed by atoms with Gasteiger partial charge in [0.25, 0.3) is 0 Å². The number of halogens is 1. The molecule has 2 heterocycles. The quantitative estimate of drug-likeness (QED) is 0.847. The number of aliphatic hydroxyl groups is 1. The average Bonchev–Trinajstić information content (AvgIpc) is 2.61. The first-order chi connectivity index (χ1) is 8.69. The SMILES string of the molecule is N#Cc1ccc(N2C3CCC2CC(O)C3)c(Cl)c1.